The molecule has 3 rings (SSSR count). The van der Waals surface area contributed by atoms with E-state index in [1.807, 2.05) is 25.1 Å². The summed E-state index contributed by atoms with van der Waals surface area (Å²) in [5.74, 6) is 5.53. The lowest BCUT2D eigenvalue weighted by Crippen LogP contribution is -2.32. The number of hydrogen-bond acceptors (Lipinski definition) is 3. The molecule has 1 aromatic heterocycles. The zero-order chi connectivity index (χ0) is 16.4. The van der Waals surface area contributed by atoms with E-state index in [9.17, 15) is 8.42 Å². The van der Waals surface area contributed by atoms with Crippen LogP contribution >= 0.6 is 15.9 Å². The summed E-state index contributed by atoms with van der Waals surface area (Å²) in [7, 11) is -3.66. The molecule has 0 saturated heterocycles. The molecule has 0 spiro atoms. The van der Waals surface area contributed by atoms with Gasteiger partial charge in [-0.1, -0.05) is 52.1 Å². The number of allylic oxidation sites excluding steroid dienone is 4. The van der Waals surface area contributed by atoms with Crippen molar-refractivity contribution in [2.24, 2.45) is 0 Å². The Labute approximate surface area is 144 Å². The molecule has 6 heteroatoms. The molecule has 2 aliphatic carbocycles. The van der Waals surface area contributed by atoms with Crippen LogP contribution in [0.15, 0.2) is 48.2 Å². The van der Waals surface area contributed by atoms with Gasteiger partial charge in [0.05, 0.1) is 11.4 Å². The minimum Gasteiger partial charge on any atom is -0.280 e. The highest BCUT2D eigenvalue weighted by atomic mass is 79.9. The summed E-state index contributed by atoms with van der Waals surface area (Å²) in [6, 6.07) is 3.79. The zero-order valence-corrected chi connectivity index (χ0v) is 14.9. The van der Waals surface area contributed by atoms with Gasteiger partial charge >= 0.3 is 0 Å². The number of alkyl halides is 1. The first-order valence-electron chi connectivity index (χ1n) is 7.14. The molecule has 0 saturated carbocycles. The molecular formula is C17H15BrN2O2S. The second-order valence-electron chi connectivity index (χ2n) is 5.37. The maximum atomic E-state index is 12.6. The predicted octanol–water partition coefficient (Wildman–Crippen LogP) is 3.07. The molecular weight excluding hydrogens is 376 g/mol. The second kappa shape index (κ2) is 6.34. The quantitative estimate of drug-likeness (QED) is 0.637. The highest BCUT2D eigenvalue weighted by Gasteiger charge is 2.27. The fourth-order valence-electron chi connectivity index (χ4n) is 2.40. The van der Waals surface area contributed by atoms with Crippen LogP contribution in [-0.2, 0) is 10.0 Å². The molecule has 1 N–H and O–H groups in total. The van der Waals surface area contributed by atoms with Crippen molar-refractivity contribution >= 4 is 31.7 Å². The van der Waals surface area contributed by atoms with E-state index in [2.05, 4.69) is 37.5 Å². The van der Waals surface area contributed by atoms with Crippen LogP contribution in [0.25, 0.3) is 5.70 Å². The first kappa shape index (κ1) is 16.0. The normalized spacial score (nSPS) is 22.9. The lowest BCUT2D eigenvalue weighted by molar-refractivity contribution is 0.590. The van der Waals surface area contributed by atoms with E-state index in [0.29, 0.717) is 17.8 Å². The summed E-state index contributed by atoms with van der Waals surface area (Å²) < 4.78 is 27.9. The Morgan fingerprint density at radius 1 is 1.43 bits per heavy atom. The van der Waals surface area contributed by atoms with Crippen LogP contribution in [0.2, 0.25) is 0 Å². The van der Waals surface area contributed by atoms with Gasteiger partial charge in [-0.3, -0.25) is 9.71 Å². The molecule has 23 heavy (non-hydrogen) atoms. The van der Waals surface area contributed by atoms with Gasteiger partial charge in [-0.15, -0.1) is 0 Å². The van der Waals surface area contributed by atoms with Gasteiger partial charge in [-0.05, 0) is 36.6 Å². The van der Waals surface area contributed by atoms with Crippen molar-refractivity contribution in [1.29, 1.82) is 0 Å². The number of fused-ring (bicyclic) bond motifs is 1. The van der Waals surface area contributed by atoms with Crippen molar-refractivity contribution in [3.63, 3.8) is 0 Å². The molecule has 2 unspecified atom stereocenters. The van der Waals surface area contributed by atoms with Crippen LogP contribution in [0.4, 0.5) is 0 Å². The summed E-state index contributed by atoms with van der Waals surface area (Å²) in [4.78, 5) is 4.46. The SMILES string of the molecule is CC1=CC#CC(S(=O)(=O)NC2=CCC(Br)c3cccnc32)C=C1. The average Bonchev–Trinajstić information content (AvgIpc) is 2.75. The third kappa shape index (κ3) is 3.41. The highest BCUT2D eigenvalue weighted by Crippen LogP contribution is 2.36. The van der Waals surface area contributed by atoms with Crippen molar-refractivity contribution in [3.8, 4) is 11.8 Å². The Bertz CT molecular complexity index is 889. The number of nitrogens with zero attached hydrogens (tertiary/aromatic N) is 1. The van der Waals surface area contributed by atoms with Crippen LogP contribution in [0, 0.1) is 11.8 Å². The minimum atomic E-state index is -3.66. The topological polar surface area (TPSA) is 59.1 Å². The van der Waals surface area contributed by atoms with Gasteiger partial charge in [-0.2, -0.15) is 0 Å². The van der Waals surface area contributed by atoms with Gasteiger partial charge in [0.2, 0.25) is 0 Å². The second-order valence-corrected chi connectivity index (χ2v) is 8.27. The fraction of sp³-hybridized carbons (Fsp3) is 0.235. The summed E-state index contributed by atoms with van der Waals surface area (Å²) in [5, 5.41) is -0.883. The molecule has 0 aromatic carbocycles. The van der Waals surface area contributed by atoms with Gasteiger partial charge in [0.1, 0.15) is 0 Å². The van der Waals surface area contributed by atoms with Gasteiger partial charge in [0.25, 0.3) is 10.0 Å². The van der Waals surface area contributed by atoms with E-state index in [0.717, 1.165) is 11.1 Å². The Balaban J connectivity index is 1.90. The molecule has 2 aliphatic rings. The molecule has 0 radical (unpaired) electrons. The molecule has 2 atom stereocenters. The van der Waals surface area contributed by atoms with Crippen molar-refractivity contribution < 1.29 is 8.42 Å². The monoisotopic (exact) mass is 390 g/mol. The first-order valence-corrected chi connectivity index (χ1v) is 9.61. The smallest absolute Gasteiger partial charge is 0.250 e. The number of hydrogen-bond donors (Lipinski definition) is 1. The van der Waals surface area contributed by atoms with E-state index in [1.54, 1.807) is 24.4 Å². The number of pyridine rings is 1. The number of nitrogens with one attached hydrogen (secondary N) is 1. The molecule has 0 amide bonds. The van der Waals surface area contributed by atoms with E-state index in [1.165, 1.54) is 0 Å². The third-order valence-electron chi connectivity index (χ3n) is 3.61. The Hall–Kier alpha value is -1.84. The van der Waals surface area contributed by atoms with Crippen molar-refractivity contribution in [2.45, 2.75) is 23.4 Å². The number of rotatable bonds is 3. The maximum Gasteiger partial charge on any atom is 0.250 e. The predicted molar refractivity (Wildman–Crippen MR) is 95.0 cm³/mol. The molecule has 4 nitrogen and oxygen atoms in total. The lowest BCUT2D eigenvalue weighted by atomic mass is 10.00. The van der Waals surface area contributed by atoms with Crippen molar-refractivity contribution in [1.82, 2.24) is 9.71 Å². The van der Waals surface area contributed by atoms with E-state index < -0.39 is 15.3 Å². The van der Waals surface area contributed by atoms with Crippen LogP contribution in [0.5, 0.6) is 0 Å². The minimum absolute atomic E-state index is 0.142. The molecule has 0 fully saturated rings. The van der Waals surface area contributed by atoms with E-state index in [-0.39, 0.29) is 4.83 Å². The van der Waals surface area contributed by atoms with E-state index >= 15 is 0 Å². The molecule has 1 heterocycles. The summed E-state index contributed by atoms with van der Waals surface area (Å²) in [6.07, 6.45) is 9.27. The molecule has 0 aliphatic heterocycles. The molecule has 0 bridgehead atoms. The lowest BCUT2D eigenvalue weighted by Gasteiger charge is -2.22. The standard InChI is InChI=1S/C17H15BrN2O2S/c1-12-4-2-5-13(8-7-12)23(21,22)20-16-10-9-15(18)14-6-3-11-19-17(14)16/h3-4,6-8,10-11,13,15,20H,9H2,1H3. The highest BCUT2D eigenvalue weighted by molar-refractivity contribution is 9.09. The van der Waals surface area contributed by atoms with Crippen LogP contribution < -0.4 is 4.72 Å². The molecule has 118 valence electrons. The van der Waals surface area contributed by atoms with Crippen molar-refractivity contribution in [2.75, 3.05) is 0 Å². The Kier molecular flexibility index (Phi) is 4.42. The summed E-state index contributed by atoms with van der Waals surface area (Å²) in [6.45, 7) is 1.88. The van der Waals surface area contributed by atoms with Crippen LogP contribution in [0.1, 0.15) is 29.4 Å². The Morgan fingerprint density at radius 2 is 2.26 bits per heavy atom. The summed E-state index contributed by atoms with van der Waals surface area (Å²) in [5.41, 5.74) is 3.08. The third-order valence-corrected chi connectivity index (χ3v) is 5.92. The van der Waals surface area contributed by atoms with Gasteiger partial charge in [0.15, 0.2) is 5.25 Å². The molecule has 1 aromatic rings. The largest absolute Gasteiger partial charge is 0.280 e. The fourth-order valence-corrected chi connectivity index (χ4v) is 4.08. The van der Waals surface area contributed by atoms with Gasteiger partial charge < -0.3 is 0 Å². The Morgan fingerprint density at radius 3 is 3.09 bits per heavy atom. The zero-order valence-electron chi connectivity index (χ0n) is 12.5. The first-order chi connectivity index (χ1) is 11.0. The number of sulfonamides is 1. The van der Waals surface area contributed by atoms with E-state index in [4.69, 9.17) is 0 Å². The number of aromatic nitrogens is 1. The number of halogens is 1. The van der Waals surface area contributed by atoms with Crippen molar-refractivity contribution in [3.05, 3.63) is 59.5 Å². The van der Waals surface area contributed by atoms with Crippen LogP contribution in [-0.4, -0.2) is 18.7 Å². The average molecular weight is 391 g/mol. The van der Waals surface area contributed by atoms with Gasteiger partial charge in [-0.25, -0.2) is 8.42 Å². The van der Waals surface area contributed by atoms with Gasteiger partial charge in [0, 0.05) is 11.0 Å². The maximum absolute atomic E-state index is 12.6. The summed E-state index contributed by atoms with van der Waals surface area (Å²) >= 11 is 3.59. The van der Waals surface area contributed by atoms with Crippen LogP contribution in [0.3, 0.4) is 0 Å².